The molecule has 0 spiro atoms. The largest absolute Gasteiger partial charge is 0.348 e. The maximum absolute atomic E-state index is 11.5. The van der Waals surface area contributed by atoms with Crippen molar-refractivity contribution in [3.05, 3.63) is 22.4 Å². The fourth-order valence-electron chi connectivity index (χ4n) is 2.55. The molecule has 0 unspecified atom stereocenters. The van der Waals surface area contributed by atoms with Gasteiger partial charge in [0.2, 0.25) is 0 Å². The van der Waals surface area contributed by atoms with Crippen LogP contribution in [0.15, 0.2) is 16.8 Å². The topological polar surface area (TPSA) is 61.4 Å². The number of rotatable bonds is 5. The summed E-state index contributed by atoms with van der Waals surface area (Å²) >= 11 is 1.73. The molecule has 0 saturated carbocycles. The number of likely N-dealkylation sites (tertiary alicyclic amines) is 1. The van der Waals surface area contributed by atoms with E-state index in [9.17, 15) is 9.59 Å². The molecule has 0 bridgehead atoms. The normalized spacial score (nSPS) is 16.6. The second kappa shape index (κ2) is 8.14. The Morgan fingerprint density at radius 1 is 1.29 bits per heavy atom. The molecule has 0 aliphatic carbocycles. The van der Waals surface area contributed by atoms with Crippen molar-refractivity contribution in [3.8, 4) is 0 Å². The fourth-order valence-corrected chi connectivity index (χ4v) is 3.21. The van der Waals surface area contributed by atoms with Gasteiger partial charge in [0.15, 0.2) is 0 Å². The minimum absolute atomic E-state index is 0.474. The van der Waals surface area contributed by atoms with Gasteiger partial charge < -0.3 is 10.6 Å². The standard InChI is InChI=1S/C15H23N3O2S/c1-2-16-14(19)15(20)17-9-12-3-6-18(7-4-12)10-13-5-8-21-11-13/h5,8,11-12H,2-4,6-7,9-10H2,1H3,(H,16,19)(H,17,20). The molecule has 0 atom stereocenters. The van der Waals surface area contributed by atoms with Gasteiger partial charge in [-0.1, -0.05) is 0 Å². The Bertz CT molecular complexity index is 453. The summed E-state index contributed by atoms with van der Waals surface area (Å²) in [4.78, 5) is 25.3. The lowest BCUT2D eigenvalue weighted by Gasteiger charge is -2.31. The molecule has 0 aromatic carbocycles. The minimum atomic E-state index is -0.535. The van der Waals surface area contributed by atoms with E-state index >= 15 is 0 Å². The van der Waals surface area contributed by atoms with Crippen molar-refractivity contribution in [1.82, 2.24) is 15.5 Å². The van der Waals surface area contributed by atoms with Crippen LogP contribution in [-0.4, -0.2) is 42.9 Å². The Morgan fingerprint density at radius 3 is 2.62 bits per heavy atom. The number of carbonyl (C=O) groups is 2. The van der Waals surface area contributed by atoms with Crippen LogP contribution in [0.5, 0.6) is 0 Å². The summed E-state index contributed by atoms with van der Waals surface area (Å²) in [6.07, 6.45) is 2.14. The van der Waals surface area contributed by atoms with Gasteiger partial charge in [0, 0.05) is 19.6 Å². The number of likely N-dealkylation sites (N-methyl/N-ethyl adjacent to an activating group) is 1. The molecule has 2 rings (SSSR count). The van der Waals surface area contributed by atoms with E-state index in [0.717, 1.165) is 32.5 Å². The molecule has 1 fully saturated rings. The van der Waals surface area contributed by atoms with E-state index in [1.54, 1.807) is 18.3 Å². The second-order valence-corrected chi connectivity index (χ2v) is 6.20. The molecule has 1 saturated heterocycles. The van der Waals surface area contributed by atoms with Crippen LogP contribution in [0.1, 0.15) is 25.3 Å². The summed E-state index contributed by atoms with van der Waals surface area (Å²) in [6.45, 7) is 6.00. The summed E-state index contributed by atoms with van der Waals surface area (Å²) in [7, 11) is 0. The number of piperidine rings is 1. The number of amides is 2. The molecule has 2 amide bonds. The second-order valence-electron chi connectivity index (χ2n) is 5.42. The molecular formula is C15H23N3O2S. The molecule has 1 aromatic rings. The van der Waals surface area contributed by atoms with Crippen LogP contribution in [0.2, 0.25) is 0 Å². The highest BCUT2D eigenvalue weighted by Gasteiger charge is 2.21. The minimum Gasteiger partial charge on any atom is -0.348 e. The van der Waals surface area contributed by atoms with Gasteiger partial charge in [-0.3, -0.25) is 14.5 Å². The molecular weight excluding hydrogens is 286 g/mol. The van der Waals surface area contributed by atoms with Crippen LogP contribution in [0.25, 0.3) is 0 Å². The fraction of sp³-hybridized carbons (Fsp3) is 0.600. The van der Waals surface area contributed by atoms with E-state index in [-0.39, 0.29) is 0 Å². The van der Waals surface area contributed by atoms with Crippen LogP contribution in [0, 0.1) is 5.92 Å². The summed E-state index contributed by atoms with van der Waals surface area (Å²) < 4.78 is 0. The van der Waals surface area contributed by atoms with Gasteiger partial charge in [0.05, 0.1) is 0 Å². The van der Waals surface area contributed by atoms with E-state index < -0.39 is 11.8 Å². The zero-order valence-corrected chi connectivity index (χ0v) is 13.2. The summed E-state index contributed by atoms with van der Waals surface area (Å²) in [6, 6.07) is 2.17. The Labute approximate surface area is 129 Å². The maximum atomic E-state index is 11.5. The molecule has 6 heteroatoms. The first kappa shape index (κ1) is 16.0. The van der Waals surface area contributed by atoms with Crippen LogP contribution < -0.4 is 10.6 Å². The van der Waals surface area contributed by atoms with Crippen LogP contribution in [-0.2, 0) is 16.1 Å². The summed E-state index contributed by atoms with van der Waals surface area (Å²) in [5.74, 6) is -0.577. The molecule has 2 N–H and O–H groups in total. The number of nitrogens with zero attached hydrogens (tertiary/aromatic N) is 1. The number of hydrogen-bond acceptors (Lipinski definition) is 4. The third kappa shape index (κ3) is 5.13. The van der Waals surface area contributed by atoms with Gasteiger partial charge in [-0.2, -0.15) is 11.3 Å². The average molecular weight is 309 g/mol. The van der Waals surface area contributed by atoms with Crippen LogP contribution in [0.4, 0.5) is 0 Å². The summed E-state index contributed by atoms with van der Waals surface area (Å²) in [5, 5.41) is 9.54. The van der Waals surface area contributed by atoms with Gasteiger partial charge in [-0.25, -0.2) is 0 Å². The van der Waals surface area contributed by atoms with E-state index in [1.165, 1.54) is 5.56 Å². The highest BCUT2D eigenvalue weighted by Crippen LogP contribution is 2.19. The highest BCUT2D eigenvalue weighted by atomic mass is 32.1. The molecule has 5 nitrogen and oxygen atoms in total. The van der Waals surface area contributed by atoms with E-state index in [0.29, 0.717) is 19.0 Å². The van der Waals surface area contributed by atoms with Gasteiger partial charge in [0.25, 0.3) is 0 Å². The smallest absolute Gasteiger partial charge is 0.309 e. The third-order valence-electron chi connectivity index (χ3n) is 3.79. The third-order valence-corrected chi connectivity index (χ3v) is 4.52. The van der Waals surface area contributed by atoms with Crippen molar-refractivity contribution in [2.24, 2.45) is 5.92 Å². The molecule has 1 aliphatic heterocycles. The molecule has 116 valence electrons. The Morgan fingerprint density at radius 2 is 2.00 bits per heavy atom. The first-order chi connectivity index (χ1) is 10.2. The number of thiophene rings is 1. The first-order valence-corrected chi connectivity index (χ1v) is 8.42. The monoisotopic (exact) mass is 309 g/mol. The first-order valence-electron chi connectivity index (χ1n) is 7.48. The molecule has 0 radical (unpaired) electrons. The molecule has 2 heterocycles. The van der Waals surface area contributed by atoms with Gasteiger partial charge in [-0.15, -0.1) is 0 Å². The van der Waals surface area contributed by atoms with Crippen molar-refractivity contribution >= 4 is 23.2 Å². The van der Waals surface area contributed by atoms with Crippen molar-refractivity contribution in [3.63, 3.8) is 0 Å². The number of carbonyl (C=O) groups excluding carboxylic acids is 2. The predicted octanol–water partition coefficient (Wildman–Crippen LogP) is 1.21. The van der Waals surface area contributed by atoms with Crippen LogP contribution >= 0.6 is 11.3 Å². The zero-order chi connectivity index (χ0) is 15.1. The predicted molar refractivity (Wildman–Crippen MR) is 84.0 cm³/mol. The molecule has 1 aliphatic rings. The van der Waals surface area contributed by atoms with Crippen molar-refractivity contribution in [2.45, 2.75) is 26.3 Å². The van der Waals surface area contributed by atoms with E-state index in [2.05, 4.69) is 32.4 Å². The van der Waals surface area contributed by atoms with Gasteiger partial charge >= 0.3 is 11.8 Å². The summed E-state index contributed by atoms with van der Waals surface area (Å²) in [5.41, 5.74) is 1.38. The highest BCUT2D eigenvalue weighted by molar-refractivity contribution is 7.07. The molecule has 1 aromatic heterocycles. The lowest BCUT2D eigenvalue weighted by Crippen LogP contribution is -2.43. The lowest BCUT2D eigenvalue weighted by molar-refractivity contribution is -0.139. The van der Waals surface area contributed by atoms with E-state index in [4.69, 9.17) is 0 Å². The zero-order valence-electron chi connectivity index (χ0n) is 12.4. The van der Waals surface area contributed by atoms with E-state index in [1.807, 2.05) is 0 Å². The number of nitrogens with one attached hydrogen (secondary N) is 2. The average Bonchev–Trinajstić information content (AvgIpc) is 2.99. The Hall–Kier alpha value is -1.40. The maximum Gasteiger partial charge on any atom is 0.309 e. The van der Waals surface area contributed by atoms with Gasteiger partial charge in [0.1, 0.15) is 0 Å². The van der Waals surface area contributed by atoms with Crippen molar-refractivity contribution in [2.75, 3.05) is 26.2 Å². The van der Waals surface area contributed by atoms with Crippen molar-refractivity contribution < 1.29 is 9.59 Å². The Kier molecular flexibility index (Phi) is 6.20. The lowest BCUT2D eigenvalue weighted by atomic mass is 9.96. The number of hydrogen-bond donors (Lipinski definition) is 2. The van der Waals surface area contributed by atoms with Gasteiger partial charge in [-0.05, 0) is 61.2 Å². The molecule has 21 heavy (non-hydrogen) atoms. The van der Waals surface area contributed by atoms with Crippen LogP contribution in [0.3, 0.4) is 0 Å². The quantitative estimate of drug-likeness (QED) is 0.804. The Balaban J connectivity index is 1.65. The SMILES string of the molecule is CCNC(=O)C(=O)NCC1CCN(Cc2ccsc2)CC1. The van der Waals surface area contributed by atoms with Crippen molar-refractivity contribution in [1.29, 1.82) is 0 Å².